The van der Waals surface area contributed by atoms with E-state index >= 15 is 0 Å². The van der Waals surface area contributed by atoms with Crippen LogP contribution in [0.25, 0.3) is 0 Å². The van der Waals surface area contributed by atoms with Crippen LogP contribution in [0.3, 0.4) is 0 Å². The van der Waals surface area contributed by atoms with Gasteiger partial charge in [-0.3, -0.25) is 14.5 Å². The first-order chi connectivity index (χ1) is 9.09. The van der Waals surface area contributed by atoms with Crippen LogP contribution in [0, 0.1) is 0 Å². The molecule has 1 unspecified atom stereocenters. The first-order valence-corrected chi connectivity index (χ1v) is 7.19. The monoisotopic (exact) mass is 324 g/mol. The molecule has 1 aliphatic rings. The number of carbonyl (C=O) groups excluding carboxylic acids is 2. The van der Waals surface area contributed by atoms with Crippen molar-refractivity contribution in [3.63, 3.8) is 0 Å². The molecule has 1 heterocycles. The minimum Gasteiger partial charge on any atom is -0.315 e. The minimum absolute atomic E-state index is 0.0394. The van der Waals surface area contributed by atoms with Gasteiger partial charge in [-0.05, 0) is 43.7 Å². The third-order valence-corrected chi connectivity index (χ3v) is 3.81. The van der Waals surface area contributed by atoms with Crippen molar-refractivity contribution in [2.45, 2.75) is 25.8 Å². The van der Waals surface area contributed by atoms with Gasteiger partial charge in [-0.1, -0.05) is 15.9 Å². The zero-order valence-electron chi connectivity index (χ0n) is 10.9. The number of hydrogen-bond donors (Lipinski definition) is 1. The molecule has 1 aromatic carbocycles. The second-order valence-electron chi connectivity index (χ2n) is 4.70. The lowest BCUT2D eigenvalue weighted by atomic mass is 10.0. The number of hydrogen-bond acceptors (Lipinski definition) is 3. The molecule has 1 aliphatic heterocycles. The summed E-state index contributed by atoms with van der Waals surface area (Å²) in [4.78, 5) is 25.6. The molecule has 1 atom stereocenters. The largest absolute Gasteiger partial charge is 0.315 e. The number of benzene rings is 1. The van der Waals surface area contributed by atoms with Crippen LogP contribution in [0.2, 0.25) is 0 Å². The van der Waals surface area contributed by atoms with E-state index in [-0.39, 0.29) is 17.9 Å². The number of imide groups is 1. The van der Waals surface area contributed by atoms with Crippen molar-refractivity contribution in [3.05, 3.63) is 34.3 Å². The Morgan fingerprint density at radius 2 is 2.00 bits per heavy atom. The number of rotatable bonds is 2. The average Bonchev–Trinajstić information content (AvgIpc) is 2.40. The maximum Gasteiger partial charge on any atom is 0.260 e. The molecule has 0 saturated carbocycles. The molecular weight excluding hydrogens is 308 g/mol. The normalized spacial score (nSPS) is 18.9. The highest BCUT2D eigenvalue weighted by molar-refractivity contribution is 9.10. The van der Waals surface area contributed by atoms with Gasteiger partial charge in [0, 0.05) is 23.5 Å². The van der Waals surface area contributed by atoms with E-state index in [1.165, 1.54) is 11.8 Å². The predicted octanol–water partition coefficient (Wildman–Crippen LogP) is 2.19. The molecule has 2 rings (SSSR count). The van der Waals surface area contributed by atoms with Crippen molar-refractivity contribution in [1.82, 2.24) is 10.2 Å². The van der Waals surface area contributed by atoms with Gasteiger partial charge in [0.05, 0.1) is 6.04 Å². The molecule has 5 heteroatoms. The average molecular weight is 325 g/mol. The number of amides is 2. The Morgan fingerprint density at radius 1 is 1.32 bits per heavy atom. The van der Waals surface area contributed by atoms with Crippen molar-refractivity contribution < 1.29 is 9.59 Å². The van der Waals surface area contributed by atoms with Gasteiger partial charge in [-0.15, -0.1) is 0 Å². The molecule has 0 radical (unpaired) electrons. The molecule has 1 N–H and O–H groups in total. The molecule has 102 valence electrons. The number of nitrogens with zero attached hydrogens (tertiary/aromatic N) is 1. The number of piperidine rings is 1. The highest BCUT2D eigenvalue weighted by Crippen LogP contribution is 2.17. The molecule has 2 amide bonds. The zero-order valence-corrected chi connectivity index (χ0v) is 12.4. The van der Waals surface area contributed by atoms with Crippen LogP contribution in [0.4, 0.5) is 0 Å². The summed E-state index contributed by atoms with van der Waals surface area (Å²) in [6.45, 7) is 3.09. The number of carbonyl (C=O) groups is 2. The lowest BCUT2D eigenvalue weighted by molar-refractivity contribution is -0.128. The van der Waals surface area contributed by atoms with E-state index in [4.69, 9.17) is 0 Å². The van der Waals surface area contributed by atoms with Crippen molar-refractivity contribution in [2.24, 2.45) is 0 Å². The zero-order chi connectivity index (χ0) is 13.8. The van der Waals surface area contributed by atoms with Crippen LogP contribution < -0.4 is 5.32 Å². The minimum atomic E-state index is -0.214. The number of halogens is 1. The van der Waals surface area contributed by atoms with E-state index in [0.29, 0.717) is 12.1 Å². The Labute approximate surface area is 121 Å². The van der Waals surface area contributed by atoms with Crippen molar-refractivity contribution in [1.29, 1.82) is 0 Å². The summed E-state index contributed by atoms with van der Waals surface area (Å²) in [6.07, 6.45) is 1.86. The molecule has 1 saturated heterocycles. The van der Waals surface area contributed by atoms with Crippen LogP contribution >= 0.6 is 15.9 Å². The van der Waals surface area contributed by atoms with Gasteiger partial charge in [-0.25, -0.2) is 0 Å². The van der Waals surface area contributed by atoms with E-state index in [1.54, 1.807) is 12.1 Å². The lowest BCUT2D eigenvalue weighted by Crippen LogP contribution is -2.50. The van der Waals surface area contributed by atoms with Crippen molar-refractivity contribution in [2.75, 3.05) is 13.1 Å². The van der Waals surface area contributed by atoms with E-state index in [9.17, 15) is 9.59 Å². The first-order valence-electron chi connectivity index (χ1n) is 6.40. The van der Waals surface area contributed by atoms with Crippen LogP contribution in [0.5, 0.6) is 0 Å². The molecular formula is C14H17BrN2O2. The maximum absolute atomic E-state index is 12.5. The fourth-order valence-electron chi connectivity index (χ4n) is 2.35. The fourth-order valence-corrected chi connectivity index (χ4v) is 2.62. The standard InChI is InChI=1S/C14H17BrN2O2/c1-10(18)17(13-3-2-8-16-9-13)14(19)11-4-6-12(15)7-5-11/h4-7,13,16H,2-3,8-9H2,1H3. The summed E-state index contributed by atoms with van der Waals surface area (Å²) in [5, 5.41) is 3.23. The third-order valence-electron chi connectivity index (χ3n) is 3.29. The Morgan fingerprint density at radius 3 is 2.53 bits per heavy atom. The highest BCUT2D eigenvalue weighted by Gasteiger charge is 2.29. The Balaban J connectivity index is 2.20. The second kappa shape index (κ2) is 6.30. The van der Waals surface area contributed by atoms with E-state index in [2.05, 4.69) is 21.2 Å². The summed E-state index contributed by atoms with van der Waals surface area (Å²) < 4.78 is 0.915. The van der Waals surface area contributed by atoms with Gasteiger partial charge < -0.3 is 5.32 Å². The summed E-state index contributed by atoms with van der Waals surface area (Å²) in [5.74, 6) is -0.407. The van der Waals surface area contributed by atoms with E-state index < -0.39 is 0 Å². The molecule has 4 nitrogen and oxygen atoms in total. The lowest BCUT2D eigenvalue weighted by Gasteiger charge is -2.32. The third kappa shape index (κ3) is 3.42. The molecule has 0 aliphatic carbocycles. The Kier molecular flexibility index (Phi) is 4.71. The van der Waals surface area contributed by atoms with Gasteiger partial charge in [-0.2, -0.15) is 0 Å². The Bertz CT molecular complexity index is 467. The summed E-state index contributed by atoms with van der Waals surface area (Å²) >= 11 is 3.34. The Hall–Kier alpha value is -1.20. The summed E-state index contributed by atoms with van der Waals surface area (Å²) in [5.41, 5.74) is 0.545. The van der Waals surface area contributed by atoms with Gasteiger partial charge in [0.2, 0.25) is 5.91 Å². The predicted molar refractivity (Wildman–Crippen MR) is 76.9 cm³/mol. The number of nitrogens with one attached hydrogen (secondary N) is 1. The molecule has 19 heavy (non-hydrogen) atoms. The van der Waals surface area contributed by atoms with Crippen LogP contribution in [-0.2, 0) is 4.79 Å². The summed E-state index contributed by atoms with van der Waals surface area (Å²) in [7, 11) is 0. The van der Waals surface area contributed by atoms with E-state index in [0.717, 1.165) is 23.9 Å². The van der Waals surface area contributed by atoms with Crippen LogP contribution in [0.1, 0.15) is 30.1 Å². The molecule has 0 aromatic heterocycles. The van der Waals surface area contributed by atoms with Gasteiger partial charge in [0.15, 0.2) is 0 Å². The fraction of sp³-hybridized carbons (Fsp3) is 0.429. The first kappa shape index (κ1) is 14.2. The van der Waals surface area contributed by atoms with Gasteiger partial charge in [0.1, 0.15) is 0 Å². The molecule has 1 aromatic rings. The van der Waals surface area contributed by atoms with Crippen molar-refractivity contribution >= 4 is 27.7 Å². The van der Waals surface area contributed by atoms with E-state index in [1.807, 2.05) is 12.1 Å². The molecule has 0 bridgehead atoms. The molecule has 1 fully saturated rings. The second-order valence-corrected chi connectivity index (χ2v) is 5.62. The van der Waals surface area contributed by atoms with Gasteiger partial charge in [0.25, 0.3) is 5.91 Å². The smallest absolute Gasteiger partial charge is 0.260 e. The summed E-state index contributed by atoms with van der Waals surface area (Å²) in [6, 6.07) is 7.05. The van der Waals surface area contributed by atoms with Gasteiger partial charge >= 0.3 is 0 Å². The van der Waals surface area contributed by atoms with Crippen LogP contribution in [-0.4, -0.2) is 35.8 Å². The van der Waals surface area contributed by atoms with Crippen molar-refractivity contribution in [3.8, 4) is 0 Å². The van der Waals surface area contributed by atoms with Crippen LogP contribution in [0.15, 0.2) is 28.7 Å². The SMILES string of the molecule is CC(=O)N(C(=O)c1ccc(Br)cc1)C1CCCNC1. The topological polar surface area (TPSA) is 49.4 Å². The highest BCUT2D eigenvalue weighted by atomic mass is 79.9. The maximum atomic E-state index is 12.5. The quantitative estimate of drug-likeness (QED) is 0.907. The molecule has 0 spiro atoms.